The average molecular weight is 249 g/mol. The third-order valence-electron chi connectivity index (χ3n) is 3.96. The predicted molar refractivity (Wildman–Crippen MR) is 71.4 cm³/mol. The summed E-state index contributed by atoms with van der Waals surface area (Å²) in [6, 6.07) is 0. The highest BCUT2D eigenvalue weighted by Gasteiger charge is 2.44. The van der Waals surface area contributed by atoms with E-state index in [0.717, 1.165) is 29.7 Å². The van der Waals surface area contributed by atoms with Crippen molar-refractivity contribution < 1.29 is 0 Å². The Bertz CT molecular complexity index is 538. The molecule has 3 nitrogen and oxygen atoms in total. The highest BCUT2D eigenvalue weighted by atomic mass is 32.1. The van der Waals surface area contributed by atoms with Crippen LogP contribution >= 0.6 is 11.3 Å². The van der Waals surface area contributed by atoms with Gasteiger partial charge in [-0.25, -0.2) is 4.98 Å². The van der Waals surface area contributed by atoms with E-state index < -0.39 is 0 Å². The minimum Gasteiger partial charge on any atom is -0.311 e. The molecule has 1 N–H and O–H groups in total. The van der Waals surface area contributed by atoms with Gasteiger partial charge in [0.15, 0.2) is 4.96 Å². The quantitative estimate of drug-likeness (QED) is 0.903. The highest BCUT2D eigenvalue weighted by molar-refractivity contribution is 7.15. The second-order valence-corrected chi connectivity index (χ2v) is 6.59. The molecule has 0 saturated heterocycles. The average Bonchev–Trinajstić information content (AvgIpc) is 2.63. The fraction of sp³-hybridized carbons (Fsp3) is 0.615. The molecule has 0 aromatic carbocycles. The summed E-state index contributed by atoms with van der Waals surface area (Å²) in [6.07, 6.45) is 3.47. The fourth-order valence-corrected chi connectivity index (χ4v) is 3.22. The number of thiazole rings is 1. The minimum absolute atomic E-state index is 0.567. The highest BCUT2D eigenvalue weighted by Crippen LogP contribution is 2.50. The van der Waals surface area contributed by atoms with Crippen LogP contribution in [0.15, 0.2) is 11.6 Å². The molecular formula is C13H19N3S. The van der Waals surface area contributed by atoms with Gasteiger partial charge in [0.25, 0.3) is 0 Å². The molecular weight excluding hydrogens is 230 g/mol. The van der Waals surface area contributed by atoms with Gasteiger partial charge in [0.05, 0.1) is 11.4 Å². The van der Waals surface area contributed by atoms with Gasteiger partial charge in [0, 0.05) is 18.1 Å². The topological polar surface area (TPSA) is 29.3 Å². The third-order valence-corrected chi connectivity index (χ3v) is 4.72. The Morgan fingerprint density at radius 2 is 2.35 bits per heavy atom. The van der Waals surface area contributed by atoms with Crippen molar-refractivity contribution >= 4 is 16.3 Å². The number of nitrogens with zero attached hydrogens (tertiary/aromatic N) is 2. The van der Waals surface area contributed by atoms with Crippen molar-refractivity contribution in [2.45, 2.75) is 33.7 Å². The first kappa shape index (κ1) is 11.2. The molecule has 3 rings (SSSR count). The maximum absolute atomic E-state index is 4.56. The summed E-state index contributed by atoms with van der Waals surface area (Å²) in [5, 5.41) is 5.66. The number of aryl methyl sites for hydroxylation is 1. The number of rotatable bonds is 4. The normalized spacial score (nSPS) is 22.2. The van der Waals surface area contributed by atoms with Gasteiger partial charge in [0.2, 0.25) is 0 Å². The van der Waals surface area contributed by atoms with Crippen molar-refractivity contribution in [1.82, 2.24) is 14.7 Å². The molecule has 1 aliphatic rings. The summed E-state index contributed by atoms with van der Waals surface area (Å²) in [7, 11) is 0. The number of nitrogens with one attached hydrogen (secondary N) is 1. The first-order chi connectivity index (χ1) is 8.08. The lowest BCUT2D eigenvalue weighted by molar-refractivity contribution is 0.516. The van der Waals surface area contributed by atoms with Crippen molar-refractivity contribution in [2.75, 3.05) is 6.54 Å². The van der Waals surface area contributed by atoms with Crippen LogP contribution in [0.4, 0.5) is 0 Å². The Morgan fingerprint density at radius 1 is 1.59 bits per heavy atom. The first-order valence-electron chi connectivity index (χ1n) is 6.20. The molecule has 1 fully saturated rings. The second kappa shape index (κ2) is 3.82. The van der Waals surface area contributed by atoms with Gasteiger partial charge in [-0.2, -0.15) is 0 Å². The Balaban J connectivity index is 1.64. The van der Waals surface area contributed by atoms with Crippen LogP contribution < -0.4 is 5.32 Å². The zero-order valence-corrected chi connectivity index (χ0v) is 11.5. The molecule has 1 unspecified atom stereocenters. The molecule has 2 aromatic heterocycles. The summed E-state index contributed by atoms with van der Waals surface area (Å²) in [5.74, 6) is 0.855. The van der Waals surface area contributed by atoms with E-state index in [1.54, 1.807) is 11.3 Å². The molecule has 1 aliphatic carbocycles. The zero-order valence-electron chi connectivity index (χ0n) is 10.7. The molecule has 0 amide bonds. The van der Waals surface area contributed by atoms with Gasteiger partial charge >= 0.3 is 0 Å². The maximum atomic E-state index is 4.56. The van der Waals surface area contributed by atoms with Crippen LogP contribution in [0.2, 0.25) is 0 Å². The van der Waals surface area contributed by atoms with E-state index in [1.807, 2.05) is 0 Å². The lowest BCUT2D eigenvalue weighted by atomic mass is 10.1. The van der Waals surface area contributed by atoms with Gasteiger partial charge in [-0.05, 0) is 31.2 Å². The minimum atomic E-state index is 0.567. The fourth-order valence-electron chi connectivity index (χ4n) is 2.44. The lowest BCUT2D eigenvalue weighted by Gasteiger charge is -2.06. The van der Waals surface area contributed by atoms with E-state index in [9.17, 15) is 0 Å². The molecule has 2 aromatic rings. The molecule has 0 radical (unpaired) electrons. The number of fused-ring (bicyclic) bond motifs is 1. The van der Waals surface area contributed by atoms with Crippen molar-refractivity contribution in [2.24, 2.45) is 11.3 Å². The SMILES string of the molecule is Cc1nc2sccn2c1CNCC1CC1(C)C. The molecule has 4 heteroatoms. The zero-order chi connectivity index (χ0) is 12.0. The molecule has 17 heavy (non-hydrogen) atoms. The Morgan fingerprint density at radius 3 is 3.06 bits per heavy atom. The van der Waals surface area contributed by atoms with Gasteiger partial charge in [-0.3, -0.25) is 4.40 Å². The number of aromatic nitrogens is 2. The molecule has 0 spiro atoms. The van der Waals surface area contributed by atoms with Crippen molar-refractivity contribution in [3.8, 4) is 0 Å². The Labute approximate surface area is 106 Å². The molecule has 1 saturated carbocycles. The molecule has 0 aliphatic heterocycles. The number of hydrogen-bond acceptors (Lipinski definition) is 3. The van der Waals surface area contributed by atoms with Crippen molar-refractivity contribution in [3.63, 3.8) is 0 Å². The van der Waals surface area contributed by atoms with E-state index in [4.69, 9.17) is 0 Å². The van der Waals surface area contributed by atoms with E-state index in [2.05, 4.69) is 47.0 Å². The number of imidazole rings is 1. The summed E-state index contributed by atoms with van der Waals surface area (Å²) < 4.78 is 2.20. The van der Waals surface area contributed by atoms with E-state index in [1.165, 1.54) is 12.1 Å². The van der Waals surface area contributed by atoms with Crippen LogP contribution in [-0.4, -0.2) is 15.9 Å². The molecule has 0 bridgehead atoms. The van der Waals surface area contributed by atoms with E-state index in [-0.39, 0.29) is 0 Å². The van der Waals surface area contributed by atoms with Gasteiger partial charge in [-0.1, -0.05) is 13.8 Å². The standard InChI is InChI=1S/C13H19N3S/c1-9-11(16-4-5-17-12(16)15-9)8-14-7-10-6-13(10,2)3/h4-5,10,14H,6-8H2,1-3H3. The van der Waals surface area contributed by atoms with Crippen LogP contribution in [0.25, 0.3) is 4.96 Å². The number of hydrogen-bond donors (Lipinski definition) is 1. The second-order valence-electron chi connectivity index (χ2n) is 5.72. The van der Waals surface area contributed by atoms with Gasteiger partial charge in [0.1, 0.15) is 0 Å². The molecule has 1 atom stereocenters. The van der Waals surface area contributed by atoms with Crippen LogP contribution in [-0.2, 0) is 6.54 Å². The summed E-state index contributed by atoms with van der Waals surface area (Å²) in [6.45, 7) is 8.85. The van der Waals surface area contributed by atoms with Crippen LogP contribution in [0.1, 0.15) is 31.7 Å². The first-order valence-corrected chi connectivity index (χ1v) is 7.07. The smallest absolute Gasteiger partial charge is 0.194 e. The summed E-state index contributed by atoms with van der Waals surface area (Å²) >= 11 is 1.70. The largest absolute Gasteiger partial charge is 0.311 e. The molecule has 92 valence electrons. The van der Waals surface area contributed by atoms with E-state index >= 15 is 0 Å². The monoisotopic (exact) mass is 249 g/mol. The summed E-state index contributed by atoms with van der Waals surface area (Å²) in [5.41, 5.74) is 3.02. The van der Waals surface area contributed by atoms with E-state index in [0.29, 0.717) is 5.41 Å². The van der Waals surface area contributed by atoms with Crippen LogP contribution in [0.5, 0.6) is 0 Å². The third kappa shape index (κ3) is 2.00. The van der Waals surface area contributed by atoms with Crippen LogP contribution in [0, 0.1) is 18.3 Å². The molecule has 2 heterocycles. The van der Waals surface area contributed by atoms with Crippen LogP contribution in [0.3, 0.4) is 0 Å². The van der Waals surface area contributed by atoms with Crippen molar-refractivity contribution in [1.29, 1.82) is 0 Å². The lowest BCUT2D eigenvalue weighted by Crippen LogP contribution is -2.19. The Kier molecular flexibility index (Phi) is 2.52. The summed E-state index contributed by atoms with van der Waals surface area (Å²) in [4.78, 5) is 5.66. The maximum Gasteiger partial charge on any atom is 0.194 e. The predicted octanol–water partition coefficient (Wildman–Crippen LogP) is 2.84. The van der Waals surface area contributed by atoms with Gasteiger partial charge < -0.3 is 5.32 Å². The Hall–Kier alpha value is -0.870. The van der Waals surface area contributed by atoms with Gasteiger partial charge in [-0.15, -0.1) is 11.3 Å². The van der Waals surface area contributed by atoms with Crippen molar-refractivity contribution in [3.05, 3.63) is 23.0 Å².